The normalized spacial score (nSPS) is 19.6. The van der Waals surface area contributed by atoms with Gasteiger partial charge in [0, 0.05) is 25.8 Å². The summed E-state index contributed by atoms with van der Waals surface area (Å²) in [6, 6.07) is 6.44. The molecular formula is C14H20N2O3S2. The molecule has 0 bridgehead atoms. The summed E-state index contributed by atoms with van der Waals surface area (Å²) in [5.74, 6) is 0.247. The van der Waals surface area contributed by atoms with Crippen molar-refractivity contribution in [3.63, 3.8) is 0 Å². The van der Waals surface area contributed by atoms with Gasteiger partial charge in [-0.15, -0.1) is 0 Å². The molecule has 5 nitrogen and oxygen atoms in total. The quantitative estimate of drug-likeness (QED) is 0.827. The van der Waals surface area contributed by atoms with Gasteiger partial charge in [-0.3, -0.25) is 0 Å². The fraction of sp³-hybridized carbons (Fsp3) is 0.500. The molecule has 116 valence electrons. The zero-order chi connectivity index (χ0) is 15.5. The van der Waals surface area contributed by atoms with Crippen molar-refractivity contribution in [3.8, 4) is 0 Å². The smallest absolute Gasteiger partial charge is 0.242 e. The Morgan fingerprint density at radius 3 is 2.90 bits per heavy atom. The van der Waals surface area contributed by atoms with Gasteiger partial charge in [0.25, 0.3) is 0 Å². The van der Waals surface area contributed by atoms with Crippen LogP contribution in [0.5, 0.6) is 0 Å². The van der Waals surface area contributed by atoms with Gasteiger partial charge in [0.2, 0.25) is 10.0 Å². The first-order chi connectivity index (χ1) is 9.91. The van der Waals surface area contributed by atoms with Crippen molar-refractivity contribution in [1.82, 2.24) is 4.31 Å². The Morgan fingerprint density at radius 2 is 2.29 bits per heavy atom. The molecule has 0 spiro atoms. The molecule has 0 amide bonds. The lowest BCUT2D eigenvalue weighted by Gasteiger charge is -2.26. The van der Waals surface area contributed by atoms with Gasteiger partial charge in [-0.2, -0.15) is 0 Å². The van der Waals surface area contributed by atoms with Crippen LogP contribution in [0, 0.1) is 5.92 Å². The molecule has 2 rings (SSSR count). The van der Waals surface area contributed by atoms with E-state index in [0.717, 1.165) is 19.4 Å². The highest BCUT2D eigenvalue weighted by molar-refractivity contribution is 7.89. The van der Waals surface area contributed by atoms with Gasteiger partial charge >= 0.3 is 0 Å². The molecule has 0 radical (unpaired) electrons. The molecule has 1 fully saturated rings. The zero-order valence-corrected chi connectivity index (χ0v) is 13.6. The van der Waals surface area contributed by atoms with E-state index in [2.05, 4.69) is 0 Å². The van der Waals surface area contributed by atoms with Gasteiger partial charge in [-0.25, -0.2) is 12.7 Å². The maximum atomic E-state index is 12.6. The van der Waals surface area contributed by atoms with E-state index in [-0.39, 0.29) is 15.8 Å². The summed E-state index contributed by atoms with van der Waals surface area (Å²) in [5.41, 5.74) is 6.11. The Morgan fingerprint density at radius 1 is 1.52 bits per heavy atom. The molecule has 1 saturated heterocycles. The van der Waals surface area contributed by atoms with Gasteiger partial charge in [0.05, 0.1) is 11.5 Å². The number of hydrogen-bond donors (Lipinski definition) is 1. The summed E-state index contributed by atoms with van der Waals surface area (Å²) in [7, 11) is -1.94. The highest BCUT2D eigenvalue weighted by Gasteiger charge is 2.25. The van der Waals surface area contributed by atoms with Crippen LogP contribution in [0.1, 0.15) is 18.4 Å². The third kappa shape index (κ3) is 4.00. The van der Waals surface area contributed by atoms with Crippen molar-refractivity contribution < 1.29 is 13.2 Å². The van der Waals surface area contributed by atoms with Crippen LogP contribution in [0.25, 0.3) is 0 Å². The lowest BCUT2D eigenvalue weighted by molar-refractivity contribution is 0.0495. The Balaban J connectivity index is 2.16. The van der Waals surface area contributed by atoms with E-state index in [9.17, 15) is 8.42 Å². The largest absolute Gasteiger partial charge is 0.389 e. The Labute approximate surface area is 131 Å². The van der Waals surface area contributed by atoms with Gasteiger partial charge in [-0.05, 0) is 30.9 Å². The molecule has 1 aromatic carbocycles. The van der Waals surface area contributed by atoms with Crippen LogP contribution < -0.4 is 5.73 Å². The minimum atomic E-state index is -3.53. The van der Waals surface area contributed by atoms with Crippen molar-refractivity contribution in [2.75, 3.05) is 26.8 Å². The zero-order valence-electron chi connectivity index (χ0n) is 12.0. The van der Waals surface area contributed by atoms with Gasteiger partial charge in [0.15, 0.2) is 0 Å². The fourth-order valence-electron chi connectivity index (χ4n) is 2.40. The highest BCUT2D eigenvalue weighted by atomic mass is 32.2. The van der Waals surface area contributed by atoms with E-state index in [1.54, 1.807) is 25.2 Å². The van der Waals surface area contributed by atoms with Gasteiger partial charge < -0.3 is 10.5 Å². The van der Waals surface area contributed by atoms with E-state index in [1.165, 1.54) is 10.4 Å². The topological polar surface area (TPSA) is 72.6 Å². The van der Waals surface area contributed by atoms with Crippen LogP contribution in [0.4, 0.5) is 0 Å². The maximum absolute atomic E-state index is 12.6. The fourth-order valence-corrected chi connectivity index (χ4v) is 3.82. The third-order valence-corrected chi connectivity index (χ3v) is 5.65. The predicted molar refractivity (Wildman–Crippen MR) is 85.7 cm³/mol. The van der Waals surface area contributed by atoms with E-state index in [1.807, 2.05) is 0 Å². The van der Waals surface area contributed by atoms with Gasteiger partial charge in [0.1, 0.15) is 4.99 Å². The molecular weight excluding hydrogens is 308 g/mol. The van der Waals surface area contributed by atoms with E-state index in [0.29, 0.717) is 18.7 Å². The standard InChI is InChI=1S/C14H20N2O3S2/c1-16(9-11-4-3-7-19-10-11)21(17,18)13-6-2-5-12(8-13)14(15)20/h2,5-6,8,11H,3-4,7,9-10H2,1H3,(H2,15,20). The molecule has 0 aromatic heterocycles. The monoisotopic (exact) mass is 328 g/mol. The second-order valence-corrected chi connectivity index (χ2v) is 7.75. The van der Waals surface area contributed by atoms with E-state index < -0.39 is 10.0 Å². The van der Waals surface area contributed by atoms with Crippen molar-refractivity contribution in [2.45, 2.75) is 17.7 Å². The second kappa shape index (κ2) is 6.83. The Hall–Kier alpha value is -1.02. The molecule has 0 aliphatic carbocycles. The number of ether oxygens (including phenoxy) is 1. The first kappa shape index (κ1) is 16.4. The summed E-state index contributed by atoms with van der Waals surface area (Å²) >= 11 is 4.89. The van der Waals surface area contributed by atoms with Crippen molar-refractivity contribution in [3.05, 3.63) is 29.8 Å². The molecule has 1 heterocycles. The SMILES string of the molecule is CN(CC1CCCOC1)S(=O)(=O)c1cccc(C(N)=S)c1. The minimum absolute atomic E-state index is 0.190. The molecule has 1 aliphatic heterocycles. The molecule has 7 heteroatoms. The summed E-state index contributed by atoms with van der Waals surface area (Å²) in [6.45, 7) is 1.84. The summed E-state index contributed by atoms with van der Waals surface area (Å²) < 4.78 is 31.9. The minimum Gasteiger partial charge on any atom is -0.389 e. The lowest BCUT2D eigenvalue weighted by atomic mass is 10.0. The average Bonchev–Trinajstić information content (AvgIpc) is 2.48. The summed E-state index contributed by atoms with van der Waals surface area (Å²) in [4.78, 5) is 0.405. The van der Waals surface area contributed by atoms with Crippen molar-refractivity contribution >= 4 is 27.2 Å². The molecule has 1 aliphatic rings. The highest BCUT2D eigenvalue weighted by Crippen LogP contribution is 2.20. The van der Waals surface area contributed by atoms with E-state index >= 15 is 0 Å². The molecule has 21 heavy (non-hydrogen) atoms. The maximum Gasteiger partial charge on any atom is 0.242 e. The first-order valence-electron chi connectivity index (χ1n) is 6.85. The van der Waals surface area contributed by atoms with Crippen LogP contribution in [0.2, 0.25) is 0 Å². The molecule has 1 unspecified atom stereocenters. The lowest BCUT2D eigenvalue weighted by Crippen LogP contribution is -2.35. The Kier molecular flexibility index (Phi) is 5.32. The number of thiocarbonyl (C=S) groups is 1. The number of rotatable bonds is 5. The molecule has 1 atom stereocenters. The van der Waals surface area contributed by atoms with Crippen LogP contribution in [-0.2, 0) is 14.8 Å². The van der Waals surface area contributed by atoms with Crippen LogP contribution in [0.15, 0.2) is 29.2 Å². The molecule has 1 aromatic rings. The van der Waals surface area contributed by atoms with Crippen molar-refractivity contribution in [1.29, 1.82) is 0 Å². The van der Waals surface area contributed by atoms with E-state index in [4.69, 9.17) is 22.7 Å². The number of nitrogens with zero attached hydrogens (tertiary/aromatic N) is 1. The number of sulfonamides is 1. The Bertz CT molecular complexity index is 610. The van der Waals surface area contributed by atoms with Crippen molar-refractivity contribution in [2.24, 2.45) is 11.7 Å². The number of nitrogens with two attached hydrogens (primary N) is 1. The molecule has 0 saturated carbocycles. The van der Waals surface area contributed by atoms with Crippen LogP contribution in [-0.4, -0.2) is 44.5 Å². The summed E-state index contributed by atoms with van der Waals surface area (Å²) in [5, 5.41) is 0. The van der Waals surface area contributed by atoms with Crippen LogP contribution >= 0.6 is 12.2 Å². The number of hydrogen-bond acceptors (Lipinski definition) is 4. The second-order valence-electron chi connectivity index (χ2n) is 5.26. The number of benzene rings is 1. The van der Waals surface area contributed by atoms with Crippen LogP contribution in [0.3, 0.4) is 0 Å². The first-order valence-corrected chi connectivity index (χ1v) is 8.70. The van der Waals surface area contributed by atoms with Gasteiger partial charge in [-0.1, -0.05) is 24.4 Å². The average molecular weight is 328 g/mol. The molecule has 2 N–H and O–H groups in total. The predicted octanol–water partition coefficient (Wildman–Crippen LogP) is 1.37. The third-order valence-electron chi connectivity index (χ3n) is 3.60. The summed E-state index contributed by atoms with van der Waals surface area (Å²) in [6.07, 6.45) is 1.97.